The minimum atomic E-state index is 1.17. The standard InChI is InChI=1S/C40H26N2/c1-3-10-31(11-4-1)41-24-23-28-15-16-30(26-39(28)41)29-18-21-37-36(25-29)40-35-19-17-27-9-7-8-14-33(27)34(35)20-22-38(40)42(37)32-12-5-2-6-13-32/h1-26H. The van der Waals surface area contributed by atoms with Gasteiger partial charge < -0.3 is 9.13 Å². The summed E-state index contributed by atoms with van der Waals surface area (Å²) in [7, 11) is 0. The Kier molecular flexibility index (Phi) is 4.93. The summed E-state index contributed by atoms with van der Waals surface area (Å²) in [5.41, 5.74) is 8.43. The first-order valence-electron chi connectivity index (χ1n) is 14.4. The van der Waals surface area contributed by atoms with Crippen LogP contribution in [0.5, 0.6) is 0 Å². The van der Waals surface area contributed by atoms with E-state index in [2.05, 4.69) is 167 Å². The fourth-order valence-corrected chi connectivity index (χ4v) is 6.76. The molecule has 0 amide bonds. The Morgan fingerprint density at radius 3 is 1.88 bits per heavy atom. The monoisotopic (exact) mass is 534 g/mol. The number of para-hydroxylation sites is 2. The molecule has 2 aromatic heterocycles. The summed E-state index contributed by atoms with van der Waals surface area (Å²) in [6, 6.07) is 55.1. The van der Waals surface area contributed by atoms with E-state index in [0.717, 1.165) is 0 Å². The normalized spacial score (nSPS) is 11.8. The number of hydrogen-bond donors (Lipinski definition) is 0. The Labute approximate surface area is 243 Å². The van der Waals surface area contributed by atoms with Crippen molar-refractivity contribution in [2.75, 3.05) is 0 Å². The van der Waals surface area contributed by atoms with E-state index in [0.29, 0.717) is 0 Å². The quantitative estimate of drug-likeness (QED) is 0.200. The molecule has 0 N–H and O–H groups in total. The number of nitrogens with zero attached hydrogens (tertiary/aromatic N) is 2. The van der Waals surface area contributed by atoms with Crippen molar-refractivity contribution < 1.29 is 0 Å². The van der Waals surface area contributed by atoms with Gasteiger partial charge in [0.15, 0.2) is 0 Å². The third-order valence-corrected chi connectivity index (χ3v) is 8.73. The van der Waals surface area contributed by atoms with E-state index in [1.807, 2.05) is 0 Å². The summed E-state index contributed by atoms with van der Waals surface area (Å²) >= 11 is 0. The molecule has 42 heavy (non-hydrogen) atoms. The first-order valence-corrected chi connectivity index (χ1v) is 14.4. The van der Waals surface area contributed by atoms with Gasteiger partial charge in [-0.25, -0.2) is 0 Å². The van der Waals surface area contributed by atoms with E-state index in [1.54, 1.807) is 0 Å². The molecule has 196 valence electrons. The van der Waals surface area contributed by atoms with Gasteiger partial charge in [0.25, 0.3) is 0 Å². The van der Waals surface area contributed by atoms with Gasteiger partial charge in [-0.15, -0.1) is 0 Å². The number of hydrogen-bond acceptors (Lipinski definition) is 0. The lowest BCUT2D eigenvalue weighted by molar-refractivity contribution is 1.13. The van der Waals surface area contributed by atoms with Crippen molar-refractivity contribution in [1.29, 1.82) is 0 Å². The summed E-state index contributed by atoms with van der Waals surface area (Å²) in [5.74, 6) is 0. The zero-order valence-corrected chi connectivity index (χ0v) is 22.9. The predicted octanol–water partition coefficient (Wildman–Crippen LogP) is 10.7. The Morgan fingerprint density at radius 2 is 1.02 bits per heavy atom. The van der Waals surface area contributed by atoms with E-state index in [1.165, 1.54) is 76.8 Å². The van der Waals surface area contributed by atoms with E-state index >= 15 is 0 Å². The molecule has 0 saturated heterocycles. The average molecular weight is 535 g/mol. The molecule has 2 heteroatoms. The van der Waals surface area contributed by atoms with Crippen LogP contribution in [0.15, 0.2) is 158 Å². The number of aromatic nitrogens is 2. The highest BCUT2D eigenvalue weighted by Crippen LogP contribution is 2.40. The zero-order chi connectivity index (χ0) is 27.6. The zero-order valence-electron chi connectivity index (χ0n) is 22.9. The van der Waals surface area contributed by atoms with E-state index in [-0.39, 0.29) is 0 Å². The number of fused-ring (bicyclic) bond motifs is 8. The minimum Gasteiger partial charge on any atom is -0.317 e. The van der Waals surface area contributed by atoms with Gasteiger partial charge in [0, 0.05) is 28.3 Å². The van der Waals surface area contributed by atoms with Crippen LogP contribution < -0.4 is 0 Å². The second kappa shape index (κ2) is 8.95. The van der Waals surface area contributed by atoms with Crippen LogP contribution >= 0.6 is 0 Å². The Bertz CT molecular complexity index is 2440. The van der Waals surface area contributed by atoms with Crippen LogP contribution in [0.2, 0.25) is 0 Å². The van der Waals surface area contributed by atoms with Gasteiger partial charge in [-0.1, -0.05) is 97.1 Å². The maximum absolute atomic E-state index is 2.41. The highest BCUT2D eigenvalue weighted by molar-refractivity contribution is 6.25. The summed E-state index contributed by atoms with van der Waals surface area (Å²) in [4.78, 5) is 0. The molecule has 9 rings (SSSR count). The third kappa shape index (κ3) is 3.39. The van der Waals surface area contributed by atoms with Gasteiger partial charge in [0.05, 0.1) is 16.6 Å². The maximum Gasteiger partial charge on any atom is 0.0547 e. The van der Waals surface area contributed by atoms with Crippen LogP contribution in [-0.2, 0) is 0 Å². The van der Waals surface area contributed by atoms with Crippen LogP contribution in [0.1, 0.15) is 0 Å². The molecule has 0 aliphatic rings. The third-order valence-electron chi connectivity index (χ3n) is 8.73. The SMILES string of the molecule is c1ccc(-n2ccc3ccc(-c4ccc5c(c4)c4c6ccc7ccccc7c6ccc4n5-c4ccccc4)cc32)cc1. The second-order valence-corrected chi connectivity index (χ2v) is 11.0. The molecule has 0 bridgehead atoms. The highest BCUT2D eigenvalue weighted by atomic mass is 15.0. The van der Waals surface area contributed by atoms with E-state index < -0.39 is 0 Å². The molecule has 0 unspecified atom stereocenters. The van der Waals surface area contributed by atoms with Crippen molar-refractivity contribution in [2.24, 2.45) is 0 Å². The molecule has 0 fully saturated rings. The van der Waals surface area contributed by atoms with E-state index in [4.69, 9.17) is 0 Å². The topological polar surface area (TPSA) is 9.86 Å². The van der Waals surface area contributed by atoms with Crippen molar-refractivity contribution in [2.45, 2.75) is 0 Å². The first kappa shape index (κ1) is 23.1. The Hall–Kier alpha value is -5.60. The lowest BCUT2D eigenvalue weighted by atomic mass is 9.97. The Balaban J connectivity index is 1.34. The predicted molar refractivity (Wildman–Crippen MR) is 178 cm³/mol. The Morgan fingerprint density at radius 1 is 0.357 bits per heavy atom. The van der Waals surface area contributed by atoms with Crippen molar-refractivity contribution in [1.82, 2.24) is 9.13 Å². The van der Waals surface area contributed by atoms with Crippen molar-refractivity contribution in [3.05, 3.63) is 158 Å². The molecular formula is C40H26N2. The molecule has 2 nitrogen and oxygen atoms in total. The molecule has 9 aromatic rings. The molecule has 2 heterocycles. The van der Waals surface area contributed by atoms with Gasteiger partial charge in [0.1, 0.15) is 0 Å². The molecular weight excluding hydrogens is 508 g/mol. The molecule has 0 atom stereocenters. The van der Waals surface area contributed by atoms with Crippen LogP contribution in [0.25, 0.3) is 76.8 Å². The molecule has 0 aliphatic carbocycles. The smallest absolute Gasteiger partial charge is 0.0547 e. The highest BCUT2D eigenvalue weighted by Gasteiger charge is 2.17. The summed E-state index contributed by atoms with van der Waals surface area (Å²) in [5, 5.41) is 8.95. The number of rotatable bonds is 3. The largest absolute Gasteiger partial charge is 0.317 e. The molecule has 0 aliphatic heterocycles. The van der Waals surface area contributed by atoms with Crippen LogP contribution in [-0.4, -0.2) is 9.13 Å². The van der Waals surface area contributed by atoms with Gasteiger partial charge in [-0.3, -0.25) is 0 Å². The summed E-state index contributed by atoms with van der Waals surface area (Å²) in [6.45, 7) is 0. The minimum absolute atomic E-state index is 1.17. The second-order valence-electron chi connectivity index (χ2n) is 11.0. The van der Waals surface area contributed by atoms with Gasteiger partial charge >= 0.3 is 0 Å². The maximum atomic E-state index is 2.41. The summed E-state index contributed by atoms with van der Waals surface area (Å²) < 4.78 is 4.68. The van der Waals surface area contributed by atoms with Gasteiger partial charge in [-0.05, 0) is 92.7 Å². The van der Waals surface area contributed by atoms with Gasteiger partial charge in [-0.2, -0.15) is 0 Å². The van der Waals surface area contributed by atoms with E-state index in [9.17, 15) is 0 Å². The average Bonchev–Trinajstić information content (AvgIpc) is 3.64. The molecule has 0 spiro atoms. The van der Waals surface area contributed by atoms with Crippen LogP contribution in [0.3, 0.4) is 0 Å². The summed E-state index contributed by atoms with van der Waals surface area (Å²) in [6.07, 6.45) is 2.16. The van der Waals surface area contributed by atoms with Crippen molar-refractivity contribution >= 4 is 54.3 Å². The van der Waals surface area contributed by atoms with Crippen molar-refractivity contribution in [3.63, 3.8) is 0 Å². The first-order chi connectivity index (χ1) is 20.8. The fourth-order valence-electron chi connectivity index (χ4n) is 6.76. The molecule has 0 saturated carbocycles. The molecule has 0 radical (unpaired) electrons. The lowest BCUT2D eigenvalue weighted by Crippen LogP contribution is -1.93. The molecule has 7 aromatic carbocycles. The van der Waals surface area contributed by atoms with Gasteiger partial charge in [0.2, 0.25) is 0 Å². The number of benzene rings is 7. The van der Waals surface area contributed by atoms with Crippen LogP contribution in [0, 0.1) is 0 Å². The lowest BCUT2D eigenvalue weighted by Gasteiger charge is -2.09. The fraction of sp³-hybridized carbons (Fsp3) is 0. The van der Waals surface area contributed by atoms with Crippen LogP contribution in [0.4, 0.5) is 0 Å². The van der Waals surface area contributed by atoms with Crippen molar-refractivity contribution in [3.8, 4) is 22.5 Å².